The van der Waals surface area contributed by atoms with E-state index in [9.17, 15) is 24.8 Å². The molecule has 0 aromatic heterocycles. The molecule has 12 nitrogen and oxygen atoms in total. The lowest BCUT2D eigenvalue weighted by molar-refractivity contribution is -0.384. The van der Waals surface area contributed by atoms with Gasteiger partial charge in [-0.1, -0.05) is 84.9 Å². The van der Waals surface area contributed by atoms with Gasteiger partial charge in [0.25, 0.3) is 5.69 Å². The van der Waals surface area contributed by atoms with Crippen LogP contribution in [0.5, 0.6) is 17.2 Å². The number of nitro benzene ring substituents is 1. The highest BCUT2D eigenvalue weighted by molar-refractivity contribution is 6.61. The fourth-order valence-corrected chi connectivity index (χ4v) is 5.55. The lowest BCUT2D eigenvalue weighted by Gasteiger charge is -2.25. The maximum Gasteiger partial charge on any atom is 0.415 e. The number of amides is 1. The number of non-ortho nitro benzene ring substituents is 1. The first kappa shape index (κ1) is 51.4. The SMILES string of the molecule is CN[C@H](C)Cc1ccccc1.C[C@@H](c1cccc(O)c1)N(C)C.C[C@H](Cc1ccccc1)N(C)C(=O)Oc1cccc([C@H](C)N(C)C)c1.O=C(Cl)Oc1ccc([N+](=O)[O-])cc1. The normalized spacial score (nSPS) is 12.4. The molecule has 5 rings (SSSR count). The fourth-order valence-electron chi connectivity index (χ4n) is 5.46. The number of phenolic OH excluding ortho intramolecular Hbond substituents is 1. The zero-order valence-corrected chi connectivity index (χ0v) is 37.7. The van der Waals surface area contributed by atoms with Crippen molar-refractivity contribution in [1.82, 2.24) is 20.0 Å². The number of ether oxygens (including phenoxy) is 2. The van der Waals surface area contributed by atoms with Gasteiger partial charge in [0.05, 0.1) is 4.92 Å². The maximum atomic E-state index is 12.5. The van der Waals surface area contributed by atoms with Crippen LogP contribution in [-0.4, -0.2) is 90.6 Å². The van der Waals surface area contributed by atoms with E-state index in [0.29, 0.717) is 23.6 Å². The van der Waals surface area contributed by atoms with E-state index in [1.54, 1.807) is 24.1 Å². The summed E-state index contributed by atoms with van der Waals surface area (Å²) in [6.07, 6.45) is 1.57. The smallest absolute Gasteiger partial charge is 0.415 e. The molecule has 328 valence electrons. The molecule has 0 unspecified atom stereocenters. The van der Waals surface area contributed by atoms with Crippen LogP contribution in [0.15, 0.2) is 133 Å². The summed E-state index contributed by atoms with van der Waals surface area (Å²) in [5.41, 5.74) is 3.81. The van der Waals surface area contributed by atoms with Gasteiger partial charge in [-0.15, -0.1) is 0 Å². The van der Waals surface area contributed by atoms with Gasteiger partial charge in [0, 0.05) is 54.9 Å². The van der Waals surface area contributed by atoms with Gasteiger partial charge in [-0.2, -0.15) is 0 Å². The van der Waals surface area contributed by atoms with Crippen LogP contribution in [0.25, 0.3) is 0 Å². The first-order valence-corrected chi connectivity index (χ1v) is 20.3. The Labute approximate surface area is 366 Å². The van der Waals surface area contributed by atoms with Crippen molar-refractivity contribution in [3.05, 3.63) is 166 Å². The predicted octanol–water partition coefficient (Wildman–Crippen LogP) is 10.6. The second kappa shape index (κ2) is 27.1. The Hall–Kier alpha value is -5.79. The minimum atomic E-state index is -0.978. The second-order valence-corrected chi connectivity index (χ2v) is 15.2. The van der Waals surface area contributed by atoms with Crippen LogP contribution in [0.3, 0.4) is 0 Å². The van der Waals surface area contributed by atoms with Crippen LogP contribution in [0.2, 0.25) is 0 Å². The minimum absolute atomic E-state index is 0.0544. The van der Waals surface area contributed by atoms with Gasteiger partial charge in [0.1, 0.15) is 17.2 Å². The Kier molecular flexibility index (Phi) is 22.8. The number of nitro groups is 1. The maximum absolute atomic E-state index is 12.5. The van der Waals surface area contributed by atoms with Gasteiger partial charge in [0.2, 0.25) is 0 Å². The number of carbonyl (C=O) groups is 2. The first-order valence-electron chi connectivity index (χ1n) is 19.9. The highest BCUT2D eigenvalue weighted by atomic mass is 35.5. The van der Waals surface area contributed by atoms with Crippen molar-refractivity contribution in [3.8, 4) is 17.2 Å². The molecular weight excluding hydrogens is 794 g/mol. The van der Waals surface area contributed by atoms with Crippen LogP contribution < -0.4 is 14.8 Å². The van der Waals surface area contributed by atoms with Gasteiger partial charge in [-0.05, 0) is 134 Å². The van der Waals surface area contributed by atoms with E-state index in [4.69, 9.17) is 16.3 Å². The zero-order chi connectivity index (χ0) is 45.5. The zero-order valence-electron chi connectivity index (χ0n) is 37.0. The largest absolute Gasteiger partial charge is 0.508 e. The first-order chi connectivity index (χ1) is 28.9. The summed E-state index contributed by atoms with van der Waals surface area (Å²) < 4.78 is 10.0. The van der Waals surface area contributed by atoms with Crippen LogP contribution in [0.4, 0.5) is 15.3 Å². The number of hydrogen-bond acceptors (Lipinski definition) is 10. The molecule has 4 atom stereocenters. The van der Waals surface area contributed by atoms with Crippen LogP contribution in [0, 0.1) is 10.1 Å². The van der Waals surface area contributed by atoms with Crippen molar-refractivity contribution in [1.29, 1.82) is 0 Å². The third-order valence-electron chi connectivity index (χ3n) is 9.89. The van der Waals surface area contributed by atoms with E-state index in [1.165, 1.54) is 35.4 Å². The molecule has 0 aliphatic rings. The minimum Gasteiger partial charge on any atom is -0.508 e. The number of hydrogen-bond donors (Lipinski definition) is 2. The molecule has 0 aliphatic carbocycles. The lowest BCUT2D eigenvalue weighted by Crippen LogP contribution is -2.38. The highest BCUT2D eigenvalue weighted by Crippen LogP contribution is 2.24. The highest BCUT2D eigenvalue weighted by Gasteiger charge is 2.19. The number of aromatic hydroxyl groups is 1. The summed E-state index contributed by atoms with van der Waals surface area (Å²) in [6.45, 7) is 8.44. The monoisotopic (exact) mass is 855 g/mol. The van der Waals surface area contributed by atoms with Gasteiger partial charge in [-0.25, -0.2) is 9.59 Å². The van der Waals surface area contributed by atoms with Crippen molar-refractivity contribution >= 4 is 28.8 Å². The summed E-state index contributed by atoms with van der Waals surface area (Å²) >= 11 is 4.92. The Morgan fingerprint density at radius 2 is 1.16 bits per heavy atom. The second-order valence-electron chi connectivity index (χ2n) is 14.9. The van der Waals surface area contributed by atoms with Crippen LogP contribution in [-0.2, 0) is 12.8 Å². The van der Waals surface area contributed by atoms with Gasteiger partial charge in [0.15, 0.2) is 0 Å². The number of halogens is 1. The van der Waals surface area contributed by atoms with Crippen molar-refractivity contribution in [2.24, 2.45) is 0 Å². The molecule has 0 saturated heterocycles. The summed E-state index contributed by atoms with van der Waals surface area (Å²) in [4.78, 5) is 38.2. The molecule has 13 heteroatoms. The molecule has 0 aliphatic heterocycles. The molecule has 61 heavy (non-hydrogen) atoms. The number of nitrogens with zero attached hydrogens (tertiary/aromatic N) is 4. The fraction of sp³-hybridized carbons (Fsp3) is 0.333. The number of nitrogens with one attached hydrogen (secondary N) is 1. The third-order valence-corrected chi connectivity index (χ3v) is 9.97. The third kappa shape index (κ3) is 19.9. The molecule has 0 bridgehead atoms. The molecule has 5 aromatic carbocycles. The summed E-state index contributed by atoms with van der Waals surface area (Å²) in [7, 11) is 11.9. The van der Waals surface area contributed by atoms with Crippen molar-refractivity contribution in [2.75, 3.05) is 42.3 Å². The molecule has 0 saturated carbocycles. The van der Waals surface area contributed by atoms with E-state index in [0.717, 1.165) is 24.0 Å². The number of benzene rings is 5. The Morgan fingerprint density at radius 1 is 0.672 bits per heavy atom. The van der Waals surface area contributed by atoms with Gasteiger partial charge in [-0.3, -0.25) is 10.1 Å². The molecule has 1 amide bonds. The number of rotatable bonds is 13. The molecule has 0 fully saturated rings. The molecule has 2 N–H and O–H groups in total. The van der Waals surface area contributed by atoms with E-state index in [1.807, 2.05) is 103 Å². The standard InChI is InChI=1S/C21H28N2O2.C10H15NO.C10H15N.C7H4ClNO4/c1-16(14-18-10-7-6-8-11-18)23(5)21(24)25-20-13-9-12-19(15-20)17(2)22(3)4;1-8(11(2)3)9-5-4-6-10(12)7-9;1-9(11-2)8-10-6-4-3-5-7-10;8-7(10)13-6-3-1-5(2-4-6)9(11)12/h6-13,15-17H,14H2,1-5H3;4-8,12H,1-3H3;3-7,9,11H,8H2,1-2H3;1-4H/t16-,17+;8-;9-;/m101./s1. The number of carbonyl (C=O) groups excluding carboxylic acids is 2. The Balaban J connectivity index is 0.000000301. The van der Waals surface area contributed by atoms with E-state index in [2.05, 4.69) is 77.0 Å². The molecule has 0 spiro atoms. The van der Waals surface area contributed by atoms with Crippen molar-refractivity contribution in [3.63, 3.8) is 0 Å². The van der Waals surface area contributed by atoms with Gasteiger partial charge < -0.3 is 34.6 Å². The van der Waals surface area contributed by atoms with E-state index >= 15 is 0 Å². The van der Waals surface area contributed by atoms with Crippen LogP contribution >= 0.6 is 11.6 Å². The quantitative estimate of drug-likeness (QED) is 0.0669. The average molecular weight is 857 g/mol. The molecule has 0 heterocycles. The van der Waals surface area contributed by atoms with Crippen molar-refractivity contribution in [2.45, 2.75) is 64.7 Å². The molecule has 0 radical (unpaired) electrons. The predicted molar refractivity (Wildman–Crippen MR) is 246 cm³/mol. The van der Waals surface area contributed by atoms with Gasteiger partial charge >= 0.3 is 11.5 Å². The van der Waals surface area contributed by atoms with E-state index < -0.39 is 10.4 Å². The van der Waals surface area contributed by atoms with E-state index in [-0.39, 0.29) is 29.6 Å². The Bertz CT molecular complexity index is 2040. The summed E-state index contributed by atoms with van der Waals surface area (Å²) in [6, 6.07) is 42.0. The van der Waals surface area contributed by atoms with Crippen molar-refractivity contribution < 1.29 is 29.1 Å². The summed E-state index contributed by atoms with van der Waals surface area (Å²) in [5.74, 6) is 1.08. The average Bonchev–Trinajstić information content (AvgIpc) is 3.24. The molecule has 5 aromatic rings. The Morgan fingerprint density at radius 3 is 1.62 bits per heavy atom. The topological polar surface area (TPSA) is 138 Å². The number of phenols is 1. The lowest BCUT2D eigenvalue weighted by atomic mass is 10.1. The van der Waals surface area contributed by atoms with Crippen LogP contribution in [0.1, 0.15) is 62.0 Å². The summed E-state index contributed by atoms with van der Waals surface area (Å²) in [5, 5.41) is 22.6. The molecular formula is C48H62ClN5O7. The number of likely N-dealkylation sites (N-methyl/N-ethyl adjacent to an activating group) is 2.